The van der Waals surface area contributed by atoms with Crippen LogP contribution in [0.3, 0.4) is 0 Å². The van der Waals surface area contributed by atoms with Crippen LogP contribution in [0.4, 0.5) is 5.69 Å². The van der Waals surface area contributed by atoms with Gasteiger partial charge in [-0.25, -0.2) is 4.79 Å². The quantitative estimate of drug-likeness (QED) is 0.869. The number of anilines is 1. The second-order valence-corrected chi connectivity index (χ2v) is 5.87. The molecule has 0 aromatic heterocycles. The average molecular weight is 309 g/mol. The van der Waals surface area contributed by atoms with E-state index in [1.807, 2.05) is 18.2 Å². The minimum atomic E-state index is -0.953. The molecular weight excluding hydrogens is 288 g/mol. The van der Waals surface area contributed by atoms with E-state index >= 15 is 0 Å². The molecule has 1 N–H and O–H groups in total. The number of carboxylic acids is 1. The summed E-state index contributed by atoms with van der Waals surface area (Å²) >= 11 is 6.34. The third kappa shape index (κ3) is 3.99. The first-order chi connectivity index (χ1) is 9.99. The molecule has 1 aromatic rings. The van der Waals surface area contributed by atoms with E-state index in [0.717, 1.165) is 43.5 Å². The Kier molecular flexibility index (Phi) is 5.26. The van der Waals surface area contributed by atoms with Crippen LogP contribution in [0.25, 0.3) is 6.08 Å². The first-order valence-electron chi connectivity index (χ1n) is 7.17. The summed E-state index contributed by atoms with van der Waals surface area (Å²) in [6, 6.07) is 6.14. The van der Waals surface area contributed by atoms with Crippen LogP contribution in [-0.4, -0.2) is 48.2 Å². The van der Waals surface area contributed by atoms with Crippen LogP contribution in [-0.2, 0) is 4.79 Å². The van der Waals surface area contributed by atoms with Crippen molar-refractivity contribution in [1.82, 2.24) is 4.90 Å². The first kappa shape index (κ1) is 15.9. The van der Waals surface area contributed by atoms with Gasteiger partial charge in [0, 0.05) is 38.3 Å². The van der Waals surface area contributed by atoms with E-state index in [1.54, 1.807) is 6.08 Å². The van der Waals surface area contributed by atoms with Crippen LogP contribution in [0.15, 0.2) is 24.3 Å². The summed E-state index contributed by atoms with van der Waals surface area (Å²) in [7, 11) is 0. The lowest BCUT2D eigenvalue weighted by Crippen LogP contribution is -2.49. The molecule has 1 fully saturated rings. The number of carboxylic acid groups (broad SMARTS) is 1. The lowest BCUT2D eigenvalue weighted by Gasteiger charge is -2.39. The molecule has 21 heavy (non-hydrogen) atoms. The normalized spacial score (nSPS) is 16.9. The SMILES string of the molecule is CC(C)N1CCN(c2c(Cl)cccc2/C=C/C(=O)O)CC1. The van der Waals surface area contributed by atoms with E-state index < -0.39 is 5.97 Å². The van der Waals surface area contributed by atoms with Gasteiger partial charge in [0.1, 0.15) is 0 Å². The van der Waals surface area contributed by atoms with Crippen LogP contribution in [0.2, 0.25) is 5.02 Å². The van der Waals surface area contributed by atoms with Gasteiger partial charge >= 0.3 is 5.97 Å². The third-order valence-electron chi connectivity index (χ3n) is 3.78. The second kappa shape index (κ2) is 6.96. The summed E-state index contributed by atoms with van der Waals surface area (Å²) in [6.07, 6.45) is 2.76. The predicted molar refractivity (Wildman–Crippen MR) is 87.0 cm³/mol. The summed E-state index contributed by atoms with van der Waals surface area (Å²) in [5.41, 5.74) is 1.78. The van der Waals surface area contributed by atoms with Gasteiger partial charge < -0.3 is 10.0 Å². The fourth-order valence-corrected chi connectivity index (χ4v) is 2.92. The van der Waals surface area contributed by atoms with Gasteiger partial charge in [0.15, 0.2) is 0 Å². The average Bonchev–Trinajstić information content (AvgIpc) is 2.45. The van der Waals surface area contributed by atoms with Crippen molar-refractivity contribution >= 4 is 29.3 Å². The molecular formula is C16H21ClN2O2. The van der Waals surface area contributed by atoms with Crippen LogP contribution in [0, 0.1) is 0 Å². The number of piperazine rings is 1. The topological polar surface area (TPSA) is 43.8 Å². The van der Waals surface area contributed by atoms with E-state index in [4.69, 9.17) is 16.7 Å². The molecule has 1 heterocycles. The highest BCUT2D eigenvalue weighted by atomic mass is 35.5. The van der Waals surface area contributed by atoms with Crippen LogP contribution >= 0.6 is 11.6 Å². The van der Waals surface area contributed by atoms with Crippen LogP contribution < -0.4 is 4.90 Å². The minimum Gasteiger partial charge on any atom is -0.478 e. The number of hydrogen-bond donors (Lipinski definition) is 1. The molecule has 1 aliphatic rings. The number of aliphatic carboxylic acids is 1. The van der Waals surface area contributed by atoms with Gasteiger partial charge in [-0.1, -0.05) is 23.7 Å². The molecule has 1 aliphatic heterocycles. The molecule has 2 rings (SSSR count). The highest BCUT2D eigenvalue weighted by molar-refractivity contribution is 6.33. The van der Waals surface area contributed by atoms with Gasteiger partial charge in [-0.15, -0.1) is 0 Å². The Morgan fingerprint density at radius 2 is 1.95 bits per heavy atom. The fourth-order valence-electron chi connectivity index (χ4n) is 2.62. The largest absolute Gasteiger partial charge is 0.478 e. The summed E-state index contributed by atoms with van der Waals surface area (Å²) in [6.45, 7) is 8.18. The lowest BCUT2D eigenvalue weighted by atomic mass is 10.1. The van der Waals surface area contributed by atoms with Gasteiger partial charge in [-0.3, -0.25) is 4.90 Å². The highest BCUT2D eigenvalue weighted by Crippen LogP contribution is 2.31. The van der Waals surface area contributed by atoms with E-state index in [1.165, 1.54) is 0 Å². The Bertz CT molecular complexity index is 535. The molecule has 114 valence electrons. The van der Waals surface area contributed by atoms with Crippen molar-refractivity contribution in [2.75, 3.05) is 31.1 Å². The maximum absolute atomic E-state index is 10.7. The highest BCUT2D eigenvalue weighted by Gasteiger charge is 2.21. The minimum absolute atomic E-state index is 0.546. The molecule has 1 aromatic carbocycles. The van der Waals surface area contributed by atoms with Crippen LogP contribution in [0.5, 0.6) is 0 Å². The molecule has 0 amide bonds. The fraction of sp³-hybridized carbons (Fsp3) is 0.438. The number of rotatable bonds is 4. The zero-order valence-electron chi connectivity index (χ0n) is 12.4. The summed E-state index contributed by atoms with van der Waals surface area (Å²) in [5.74, 6) is -0.953. The number of para-hydroxylation sites is 1. The smallest absolute Gasteiger partial charge is 0.328 e. The second-order valence-electron chi connectivity index (χ2n) is 5.47. The van der Waals surface area contributed by atoms with Crippen molar-refractivity contribution < 1.29 is 9.90 Å². The van der Waals surface area contributed by atoms with Crippen LogP contribution in [0.1, 0.15) is 19.4 Å². The monoisotopic (exact) mass is 308 g/mol. The van der Waals surface area contributed by atoms with Crippen molar-refractivity contribution in [2.45, 2.75) is 19.9 Å². The van der Waals surface area contributed by atoms with Gasteiger partial charge in [-0.2, -0.15) is 0 Å². The van der Waals surface area contributed by atoms with Gasteiger partial charge in [0.25, 0.3) is 0 Å². The molecule has 0 saturated carbocycles. The number of carbonyl (C=O) groups is 1. The van der Waals surface area contributed by atoms with Crippen molar-refractivity contribution in [3.05, 3.63) is 34.9 Å². The number of benzene rings is 1. The maximum atomic E-state index is 10.7. The molecule has 0 aliphatic carbocycles. The van der Waals surface area contributed by atoms with Crippen molar-refractivity contribution in [3.8, 4) is 0 Å². The Labute approximate surface area is 130 Å². The van der Waals surface area contributed by atoms with E-state index in [-0.39, 0.29) is 0 Å². The molecule has 1 saturated heterocycles. The Balaban J connectivity index is 2.21. The standard InChI is InChI=1S/C16H21ClN2O2/c1-12(2)18-8-10-19(11-9-18)16-13(6-7-15(20)21)4-3-5-14(16)17/h3-7,12H,8-11H2,1-2H3,(H,20,21)/b7-6+. The zero-order valence-corrected chi connectivity index (χ0v) is 13.2. The Morgan fingerprint density at radius 3 is 2.52 bits per heavy atom. The molecule has 0 spiro atoms. The summed E-state index contributed by atoms with van der Waals surface area (Å²) in [4.78, 5) is 15.4. The zero-order chi connectivity index (χ0) is 15.4. The van der Waals surface area contributed by atoms with E-state index in [2.05, 4.69) is 23.6 Å². The molecule has 0 bridgehead atoms. The molecule has 0 unspecified atom stereocenters. The van der Waals surface area contributed by atoms with E-state index in [9.17, 15) is 4.79 Å². The lowest BCUT2D eigenvalue weighted by molar-refractivity contribution is -0.131. The number of halogens is 1. The van der Waals surface area contributed by atoms with Gasteiger partial charge in [-0.05, 0) is 31.6 Å². The molecule has 0 radical (unpaired) electrons. The molecule has 5 heteroatoms. The Hall–Kier alpha value is -1.52. The molecule has 4 nitrogen and oxygen atoms in total. The summed E-state index contributed by atoms with van der Waals surface area (Å²) in [5, 5.41) is 9.47. The first-order valence-corrected chi connectivity index (χ1v) is 7.55. The molecule has 0 atom stereocenters. The predicted octanol–water partition coefficient (Wildman–Crippen LogP) is 2.97. The van der Waals surface area contributed by atoms with Gasteiger partial charge in [0.05, 0.1) is 10.7 Å². The Morgan fingerprint density at radius 1 is 1.29 bits per heavy atom. The van der Waals surface area contributed by atoms with Crippen molar-refractivity contribution in [2.24, 2.45) is 0 Å². The maximum Gasteiger partial charge on any atom is 0.328 e. The number of nitrogens with zero attached hydrogens (tertiary/aromatic N) is 2. The van der Waals surface area contributed by atoms with E-state index in [0.29, 0.717) is 11.1 Å². The van der Waals surface area contributed by atoms with Crippen molar-refractivity contribution in [3.63, 3.8) is 0 Å². The number of hydrogen-bond acceptors (Lipinski definition) is 3. The summed E-state index contributed by atoms with van der Waals surface area (Å²) < 4.78 is 0. The third-order valence-corrected chi connectivity index (χ3v) is 4.09. The van der Waals surface area contributed by atoms with Gasteiger partial charge in [0.2, 0.25) is 0 Å². The van der Waals surface area contributed by atoms with Crippen molar-refractivity contribution in [1.29, 1.82) is 0 Å².